The van der Waals surface area contributed by atoms with Gasteiger partial charge in [-0.1, -0.05) is 12.3 Å². The molecule has 0 amide bonds. The Morgan fingerprint density at radius 1 is 1.13 bits per heavy atom. The summed E-state index contributed by atoms with van der Waals surface area (Å²) in [7, 11) is 0. The van der Waals surface area contributed by atoms with E-state index < -0.39 is 0 Å². The van der Waals surface area contributed by atoms with E-state index in [-0.39, 0.29) is 0 Å². The Labute approximate surface area is 90.1 Å². The van der Waals surface area contributed by atoms with Gasteiger partial charge in [0.1, 0.15) is 12.0 Å². The minimum absolute atomic E-state index is 0.645. The minimum atomic E-state index is 0.645. The topological polar surface area (TPSA) is 25.8 Å². The van der Waals surface area contributed by atoms with Gasteiger partial charge in [0.2, 0.25) is 0 Å². The van der Waals surface area contributed by atoms with Gasteiger partial charge >= 0.3 is 0 Å². The van der Waals surface area contributed by atoms with E-state index in [1.54, 1.807) is 6.33 Å². The maximum Gasteiger partial charge on any atom is 0.117 e. The smallest absolute Gasteiger partial charge is 0.117 e. The molecule has 2 aliphatic rings. The van der Waals surface area contributed by atoms with E-state index in [1.165, 1.54) is 37.8 Å². The first kappa shape index (κ1) is 8.91. The van der Waals surface area contributed by atoms with Crippen molar-refractivity contribution < 1.29 is 0 Å². The highest BCUT2D eigenvalue weighted by atomic mass is 14.8. The highest BCUT2D eigenvalue weighted by Crippen LogP contribution is 2.35. The number of aromatic nitrogens is 2. The van der Waals surface area contributed by atoms with Gasteiger partial charge in [-0.2, -0.15) is 0 Å². The van der Waals surface area contributed by atoms with Crippen molar-refractivity contribution in [3.05, 3.63) is 23.8 Å². The van der Waals surface area contributed by atoms with Gasteiger partial charge in [0.05, 0.1) is 0 Å². The van der Waals surface area contributed by atoms with Gasteiger partial charge in [-0.3, -0.25) is 0 Å². The van der Waals surface area contributed by atoms with E-state index >= 15 is 0 Å². The van der Waals surface area contributed by atoms with Crippen LogP contribution in [0.25, 0.3) is 0 Å². The number of hydrogen-bond donors (Lipinski definition) is 0. The van der Waals surface area contributed by atoms with Crippen LogP contribution in [0.5, 0.6) is 0 Å². The molecule has 15 heavy (non-hydrogen) atoms. The molecule has 3 rings (SSSR count). The molecule has 76 valence electrons. The average molecular weight is 198 g/mol. The van der Waals surface area contributed by atoms with Crippen molar-refractivity contribution in [1.29, 1.82) is 0 Å². The predicted molar refractivity (Wildman–Crippen MR) is 58.2 cm³/mol. The van der Waals surface area contributed by atoms with Crippen LogP contribution >= 0.6 is 0 Å². The minimum Gasteiger partial charge on any atom is -0.241 e. The lowest BCUT2D eigenvalue weighted by atomic mass is 9.83. The van der Waals surface area contributed by atoms with Crippen molar-refractivity contribution in [3.8, 4) is 11.8 Å². The van der Waals surface area contributed by atoms with Crippen molar-refractivity contribution in [2.75, 3.05) is 0 Å². The Bertz CT molecular complexity index is 420. The Morgan fingerprint density at radius 2 is 2.00 bits per heavy atom. The third-order valence-electron chi connectivity index (χ3n) is 3.19. The van der Waals surface area contributed by atoms with Crippen LogP contribution in [0.3, 0.4) is 0 Å². The van der Waals surface area contributed by atoms with E-state index in [0.29, 0.717) is 11.8 Å². The fourth-order valence-electron chi connectivity index (χ4n) is 1.77. The molecule has 0 spiro atoms. The van der Waals surface area contributed by atoms with Crippen molar-refractivity contribution in [3.63, 3.8) is 0 Å². The second-order valence-electron chi connectivity index (χ2n) is 4.50. The van der Waals surface area contributed by atoms with Crippen LogP contribution in [0.4, 0.5) is 0 Å². The standard InChI is InChI=1S/C13H14N2/c1-2-11(3-1)13-8-12(14-9-15-13)7-6-10-4-5-10/h8-11H,1-5H2. The van der Waals surface area contributed by atoms with Crippen LogP contribution in [-0.2, 0) is 0 Å². The Balaban J connectivity index is 1.79. The van der Waals surface area contributed by atoms with Crippen LogP contribution in [0.15, 0.2) is 12.4 Å². The molecule has 1 aromatic heterocycles. The zero-order chi connectivity index (χ0) is 10.1. The van der Waals surface area contributed by atoms with Crippen LogP contribution in [0.1, 0.15) is 49.4 Å². The number of rotatable bonds is 1. The first-order chi connectivity index (χ1) is 7.42. The zero-order valence-corrected chi connectivity index (χ0v) is 8.74. The molecule has 2 heteroatoms. The molecule has 0 aromatic carbocycles. The quantitative estimate of drug-likeness (QED) is 0.648. The Kier molecular flexibility index (Phi) is 2.17. The summed E-state index contributed by atoms with van der Waals surface area (Å²) < 4.78 is 0. The van der Waals surface area contributed by atoms with Crippen molar-refractivity contribution >= 4 is 0 Å². The SMILES string of the molecule is C(#CC1CC1)c1cc(C2CCC2)ncn1. The lowest BCUT2D eigenvalue weighted by Crippen LogP contribution is -2.10. The van der Waals surface area contributed by atoms with Gasteiger partial charge in [0, 0.05) is 17.5 Å². The second-order valence-corrected chi connectivity index (χ2v) is 4.50. The first-order valence-electron chi connectivity index (χ1n) is 5.75. The Morgan fingerprint density at radius 3 is 2.67 bits per heavy atom. The van der Waals surface area contributed by atoms with Crippen molar-refractivity contribution in [2.45, 2.75) is 38.0 Å². The lowest BCUT2D eigenvalue weighted by Gasteiger charge is -2.24. The molecule has 0 saturated heterocycles. The van der Waals surface area contributed by atoms with Gasteiger partial charge in [-0.25, -0.2) is 9.97 Å². The summed E-state index contributed by atoms with van der Waals surface area (Å²) in [6.45, 7) is 0. The van der Waals surface area contributed by atoms with Crippen molar-refractivity contribution in [2.24, 2.45) is 5.92 Å². The molecule has 1 aromatic rings. The molecule has 0 bridgehead atoms. The number of hydrogen-bond acceptors (Lipinski definition) is 2. The Hall–Kier alpha value is -1.36. The summed E-state index contributed by atoms with van der Waals surface area (Å²) in [6.07, 6.45) is 8.11. The van der Waals surface area contributed by atoms with Crippen LogP contribution in [0.2, 0.25) is 0 Å². The molecule has 0 N–H and O–H groups in total. The monoisotopic (exact) mass is 198 g/mol. The van der Waals surface area contributed by atoms with E-state index in [4.69, 9.17) is 0 Å². The van der Waals surface area contributed by atoms with Gasteiger partial charge < -0.3 is 0 Å². The van der Waals surface area contributed by atoms with Gasteiger partial charge in [0.25, 0.3) is 0 Å². The molecule has 0 unspecified atom stereocenters. The summed E-state index contributed by atoms with van der Waals surface area (Å²) >= 11 is 0. The predicted octanol–water partition coefficient (Wildman–Crippen LogP) is 2.51. The third-order valence-corrected chi connectivity index (χ3v) is 3.19. The molecule has 0 radical (unpaired) electrons. The molecule has 2 nitrogen and oxygen atoms in total. The van der Waals surface area contributed by atoms with Crippen LogP contribution in [0, 0.1) is 17.8 Å². The molecule has 0 aliphatic heterocycles. The van der Waals surface area contributed by atoms with Gasteiger partial charge in [0.15, 0.2) is 0 Å². The zero-order valence-electron chi connectivity index (χ0n) is 8.74. The molecule has 2 aliphatic carbocycles. The molecule has 1 heterocycles. The normalized spacial score (nSPS) is 20.3. The summed E-state index contributed by atoms with van der Waals surface area (Å²) in [5.74, 6) is 7.70. The van der Waals surface area contributed by atoms with Gasteiger partial charge in [-0.05, 0) is 37.7 Å². The fourth-order valence-corrected chi connectivity index (χ4v) is 1.77. The maximum atomic E-state index is 4.33. The lowest BCUT2D eigenvalue weighted by molar-refractivity contribution is 0.410. The van der Waals surface area contributed by atoms with Crippen LogP contribution < -0.4 is 0 Å². The molecule has 0 atom stereocenters. The summed E-state index contributed by atoms with van der Waals surface area (Å²) in [4.78, 5) is 8.52. The molecular formula is C13H14N2. The van der Waals surface area contributed by atoms with E-state index in [2.05, 4.69) is 27.9 Å². The number of nitrogens with zero attached hydrogens (tertiary/aromatic N) is 2. The fraction of sp³-hybridized carbons (Fsp3) is 0.538. The van der Waals surface area contributed by atoms with Gasteiger partial charge in [-0.15, -0.1) is 0 Å². The molecule has 2 fully saturated rings. The van der Waals surface area contributed by atoms with E-state index in [1.807, 2.05) is 0 Å². The molecular weight excluding hydrogens is 184 g/mol. The summed E-state index contributed by atoms with van der Waals surface area (Å²) in [6, 6.07) is 2.07. The average Bonchev–Trinajstić information content (AvgIpc) is 2.96. The highest BCUT2D eigenvalue weighted by Gasteiger charge is 2.21. The maximum absolute atomic E-state index is 4.33. The third kappa shape index (κ3) is 2.02. The summed E-state index contributed by atoms with van der Waals surface area (Å²) in [5.41, 5.74) is 2.09. The van der Waals surface area contributed by atoms with E-state index in [9.17, 15) is 0 Å². The van der Waals surface area contributed by atoms with Crippen molar-refractivity contribution in [1.82, 2.24) is 9.97 Å². The van der Waals surface area contributed by atoms with Crippen LogP contribution in [-0.4, -0.2) is 9.97 Å². The molecule has 2 saturated carbocycles. The highest BCUT2D eigenvalue weighted by molar-refractivity contribution is 5.31. The first-order valence-corrected chi connectivity index (χ1v) is 5.75. The van der Waals surface area contributed by atoms with E-state index in [0.717, 1.165) is 5.69 Å². The summed E-state index contributed by atoms with van der Waals surface area (Å²) in [5, 5.41) is 0. The largest absolute Gasteiger partial charge is 0.241 e. The second kappa shape index (κ2) is 3.66.